The van der Waals surface area contributed by atoms with Crippen molar-refractivity contribution >= 4 is 37.3 Å². The number of nitro benzene ring substituents is 1. The van der Waals surface area contributed by atoms with Crippen molar-refractivity contribution in [2.24, 2.45) is 0 Å². The molecule has 2 aromatic heterocycles. The van der Waals surface area contributed by atoms with Gasteiger partial charge in [-0.05, 0) is 37.1 Å². The molecule has 156 valence electrons. The lowest BCUT2D eigenvalue weighted by atomic mass is 9.94. The number of fused-ring (bicyclic) bond motifs is 2. The zero-order chi connectivity index (χ0) is 21.5. The van der Waals surface area contributed by atoms with Crippen molar-refractivity contribution in [3.05, 3.63) is 79.2 Å². The van der Waals surface area contributed by atoms with Gasteiger partial charge in [-0.1, -0.05) is 31.4 Å². The van der Waals surface area contributed by atoms with E-state index < -0.39 is 4.92 Å². The summed E-state index contributed by atoms with van der Waals surface area (Å²) in [5.41, 5.74) is -0.00588. The minimum Gasteiger partial charge on any atom is -0.289 e. The zero-order valence-corrected chi connectivity index (χ0v) is 17.4. The van der Waals surface area contributed by atoms with Gasteiger partial charge in [0, 0.05) is 33.8 Å². The summed E-state index contributed by atoms with van der Waals surface area (Å²) < 4.78 is 2.43. The molecule has 0 unspecified atom stereocenters. The van der Waals surface area contributed by atoms with Crippen LogP contribution < -0.4 is 11.0 Å². The van der Waals surface area contributed by atoms with E-state index in [1.165, 1.54) is 23.5 Å². The Kier molecular flexibility index (Phi) is 4.86. The fraction of sp³-hybridized carbons (Fsp3) is 0.261. The highest BCUT2D eigenvalue weighted by Crippen LogP contribution is 2.32. The van der Waals surface area contributed by atoms with Crippen LogP contribution in [-0.4, -0.2) is 14.5 Å². The van der Waals surface area contributed by atoms with Gasteiger partial charge >= 0.3 is 0 Å². The Morgan fingerprint density at radius 1 is 1.00 bits per heavy atom. The Hall–Kier alpha value is -3.39. The standard InChI is InChI=1S/C23H19N3O4S/c27-20-17-8-4-5-9-18(17)31-22-19(20)23(28)25(15-6-2-1-3-7-15)21(24-22)14-10-12-16(13-11-14)26(29)30/h4-5,8-13,15H,1-3,6-7H2. The van der Waals surface area contributed by atoms with Gasteiger partial charge in [-0.3, -0.25) is 24.3 Å². The van der Waals surface area contributed by atoms with Crippen molar-refractivity contribution in [3.8, 4) is 11.4 Å². The van der Waals surface area contributed by atoms with E-state index in [0.29, 0.717) is 21.6 Å². The van der Waals surface area contributed by atoms with Crippen molar-refractivity contribution in [1.29, 1.82) is 0 Å². The van der Waals surface area contributed by atoms with Crippen LogP contribution in [0.4, 0.5) is 5.69 Å². The highest BCUT2D eigenvalue weighted by Gasteiger charge is 2.24. The Labute approximate surface area is 180 Å². The van der Waals surface area contributed by atoms with Gasteiger partial charge in [0.1, 0.15) is 16.0 Å². The van der Waals surface area contributed by atoms with Crippen LogP contribution in [0.2, 0.25) is 0 Å². The van der Waals surface area contributed by atoms with Crippen LogP contribution in [0.25, 0.3) is 31.7 Å². The van der Waals surface area contributed by atoms with Crippen molar-refractivity contribution in [3.63, 3.8) is 0 Å². The molecule has 0 bridgehead atoms. The Morgan fingerprint density at radius 2 is 1.71 bits per heavy atom. The van der Waals surface area contributed by atoms with E-state index >= 15 is 0 Å². The van der Waals surface area contributed by atoms with Gasteiger partial charge in [0.15, 0.2) is 0 Å². The van der Waals surface area contributed by atoms with Gasteiger partial charge < -0.3 is 0 Å². The first-order chi connectivity index (χ1) is 15.0. The van der Waals surface area contributed by atoms with E-state index in [1.807, 2.05) is 12.1 Å². The highest BCUT2D eigenvalue weighted by molar-refractivity contribution is 7.24. The predicted octanol–water partition coefficient (Wildman–Crippen LogP) is 5.05. The molecule has 0 aliphatic heterocycles. The monoisotopic (exact) mass is 433 g/mol. The van der Waals surface area contributed by atoms with Crippen molar-refractivity contribution in [2.45, 2.75) is 38.1 Å². The number of benzene rings is 2. The van der Waals surface area contributed by atoms with Gasteiger partial charge in [-0.25, -0.2) is 4.98 Å². The van der Waals surface area contributed by atoms with Gasteiger partial charge in [-0.15, -0.1) is 11.3 Å². The van der Waals surface area contributed by atoms with Crippen LogP contribution in [0.15, 0.2) is 58.1 Å². The number of aromatic nitrogens is 2. The molecule has 1 aliphatic carbocycles. The summed E-state index contributed by atoms with van der Waals surface area (Å²) in [6, 6.07) is 13.3. The van der Waals surface area contributed by atoms with E-state index in [0.717, 1.165) is 36.8 Å². The molecule has 0 saturated heterocycles. The molecule has 0 amide bonds. The van der Waals surface area contributed by atoms with Crippen LogP contribution >= 0.6 is 11.3 Å². The molecule has 1 aliphatic rings. The lowest BCUT2D eigenvalue weighted by Gasteiger charge is -2.26. The summed E-state index contributed by atoms with van der Waals surface area (Å²) in [6.07, 6.45) is 4.84. The van der Waals surface area contributed by atoms with Gasteiger partial charge in [-0.2, -0.15) is 0 Å². The molecule has 31 heavy (non-hydrogen) atoms. The summed E-state index contributed by atoms with van der Waals surface area (Å²) in [6.45, 7) is 0. The van der Waals surface area contributed by atoms with Crippen molar-refractivity contribution < 1.29 is 4.92 Å². The maximum atomic E-state index is 13.7. The normalized spacial score (nSPS) is 14.8. The first kappa shape index (κ1) is 19.6. The second-order valence-electron chi connectivity index (χ2n) is 7.81. The van der Waals surface area contributed by atoms with Crippen LogP contribution in [0, 0.1) is 10.1 Å². The molecule has 5 rings (SSSR count). The number of nitrogens with zero attached hydrogens (tertiary/aromatic N) is 3. The van der Waals surface area contributed by atoms with Crippen molar-refractivity contribution in [2.75, 3.05) is 0 Å². The molecular formula is C23H19N3O4S. The fourth-order valence-corrected chi connectivity index (χ4v) is 5.42. The molecule has 0 spiro atoms. The highest BCUT2D eigenvalue weighted by atomic mass is 32.1. The first-order valence-corrected chi connectivity index (χ1v) is 11.1. The van der Waals surface area contributed by atoms with Gasteiger partial charge in [0.25, 0.3) is 11.2 Å². The van der Waals surface area contributed by atoms with E-state index in [9.17, 15) is 19.7 Å². The number of non-ortho nitro benzene ring substituents is 1. The maximum absolute atomic E-state index is 13.7. The van der Waals surface area contributed by atoms with E-state index in [-0.39, 0.29) is 28.1 Å². The Morgan fingerprint density at radius 3 is 2.42 bits per heavy atom. The minimum atomic E-state index is -0.455. The molecule has 2 aromatic carbocycles. The second kappa shape index (κ2) is 7.70. The fourth-order valence-electron chi connectivity index (χ4n) is 4.38. The quantitative estimate of drug-likeness (QED) is 0.256. The van der Waals surface area contributed by atoms with Gasteiger partial charge in [0.05, 0.1) is 4.92 Å². The van der Waals surface area contributed by atoms with Crippen LogP contribution in [0.5, 0.6) is 0 Å². The lowest BCUT2D eigenvalue weighted by molar-refractivity contribution is -0.384. The molecular weight excluding hydrogens is 414 g/mol. The molecule has 8 heteroatoms. The van der Waals surface area contributed by atoms with E-state index in [2.05, 4.69) is 0 Å². The molecule has 2 heterocycles. The average Bonchev–Trinajstić information content (AvgIpc) is 2.79. The molecule has 7 nitrogen and oxygen atoms in total. The largest absolute Gasteiger partial charge is 0.289 e. The summed E-state index contributed by atoms with van der Waals surface area (Å²) in [7, 11) is 0. The Bertz CT molecular complexity index is 1430. The number of nitro groups is 1. The molecule has 4 aromatic rings. The van der Waals surface area contributed by atoms with E-state index in [4.69, 9.17) is 4.98 Å². The summed E-state index contributed by atoms with van der Waals surface area (Å²) >= 11 is 1.32. The third-order valence-electron chi connectivity index (χ3n) is 5.92. The van der Waals surface area contributed by atoms with Crippen LogP contribution in [0.1, 0.15) is 38.1 Å². The van der Waals surface area contributed by atoms with E-state index in [1.54, 1.807) is 28.8 Å². The smallest absolute Gasteiger partial charge is 0.269 e. The summed E-state index contributed by atoms with van der Waals surface area (Å²) in [5, 5.41) is 11.7. The predicted molar refractivity (Wildman–Crippen MR) is 122 cm³/mol. The van der Waals surface area contributed by atoms with Crippen LogP contribution in [0.3, 0.4) is 0 Å². The summed E-state index contributed by atoms with van der Waals surface area (Å²) in [5.74, 6) is 0.463. The van der Waals surface area contributed by atoms with Crippen molar-refractivity contribution in [1.82, 2.24) is 9.55 Å². The third kappa shape index (κ3) is 3.33. The zero-order valence-electron chi connectivity index (χ0n) is 16.6. The molecule has 0 radical (unpaired) electrons. The average molecular weight is 433 g/mol. The number of rotatable bonds is 3. The Balaban J connectivity index is 1.83. The second-order valence-corrected chi connectivity index (χ2v) is 8.84. The topological polar surface area (TPSA) is 95.1 Å². The summed E-state index contributed by atoms with van der Waals surface area (Å²) in [4.78, 5) is 42.6. The molecule has 0 atom stereocenters. The first-order valence-electron chi connectivity index (χ1n) is 10.3. The number of hydrogen-bond donors (Lipinski definition) is 0. The minimum absolute atomic E-state index is 0.0215. The lowest BCUT2D eigenvalue weighted by Crippen LogP contribution is -2.31. The third-order valence-corrected chi connectivity index (χ3v) is 6.99. The SMILES string of the molecule is O=c1c2ccccc2sc2nc(-c3ccc([N+](=O)[O-])cc3)n(C3CCCCC3)c(=O)c12. The van der Waals surface area contributed by atoms with Crippen LogP contribution in [-0.2, 0) is 0 Å². The molecule has 1 saturated carbocycles. The molecule has 1 fully saturated rings. The van der Waals surface area contributed by atoms with Gasteiger partial charge in [0.2, 0.25) is 5.43 Å². The maximum Gasteiger partial charge on any atom is 0.269 e. The number of hydrogen-bond acceptors (Lipinski definition) is 6. The molecule has 0 N–H and O–H groups in total.